The van der Waals surface area contributed by atoms with Crippen LogP contribution in [0.5, 0.6) is 0 Å². The third-order valence-electron chi connectivity index (χ3n) is 2.13. The van der Waals surface area contributed by atoms with Gasteiger partial charge in [-0.15, -0.1) is 0 Å². The van der Waals surface area contributed by atoms with E-state index in [-0.39, 0.29) is 12.5 Å². The van der Waals surface area contributed by atoms with Crippen molar-refractivity contribution in [2.75, 3.05) is 31.2 Å². The van der Waals surface area contributed by atoms with Crippen LogP contribution in [0.25, 0.3) is 0 Å². The molecule has 1 fully saturated rings. The molecule has 1 unspecified atom stereocenters. The molecule has 0 aromatic carbocycles. The number of amides is 1. The van der Waals surface area contributed by atoms with Gasteiger partial charge in [-0.25, -0.2) is 4.79 Å². The van der Waals surface area contributed by atoms with E-state index < -0.39 is 12.0 Å². The Morgan fingerprint density at radius 2 is 2.07 bits per heavy atom. The second-order valence-corrected chi connectivity index (χ2v) is 4.39. The molecular formula is C9H16N2O3S. The fourth-order valence-electron chi connectivity index (χ4n) is 1.31. The second-order valence-electron chi connectivity index (χ2n) is 3.17. The fourth-order valence-corrected chi connectivity index (χ4v) is 2.22. The molecule has 15 heavy (non-hydrogen) atoms. The summed E-state index contributed by atoms with van der Waals surface area (Å²) in [5.74, 6) is 0.845. The molecule has 1 amide bonds. The average molecular weight is 232 g/mol. The lowest BCUT2D eigenvalue weighted by atomic mass is 10.2. The molecule has 0 saturated carbocycles. The molecule has 1 aliphatic rings. The van der Waals surface area contributed by atoms with Gasteiger partial charge in [0, 0.05) is 24.6 Å². The van der Waals surface area contributed by atoms with Crippen molar-refractivity contribution >= 4 is 23.6 Å². The number of nitrogens with zero attached hydrogens (tertiary/aromatic N) is 1. The first-order valence-corrected chi connectivity index (χ1v) is 6.11. The number of carbonyl (C=O) groups excluding carboxylic acids is 2. The van der Waals surface area contributed by atoms with Gasteiger partial charge in [-0.2, -0.15) is 11.8 Å². The third-order valence-corrected chi connectivity index (χ3v) is 3.07. The highest BCUT2D eigenvalue weighted by molar-refractivity contribution is 7.99. The van der Waals surface area contributed by atoms with Gasteiger partial charge in [0.05, 0.1) is 6.61 Å². The largest absolute Gasteiger partial charge is 0.464 e. The first-order valence-electron chi connectivity index (χ1n) is 4.95. The zero-order valence-corrected chi connectivity index (χ0v) is 9.59. The lowest BCUT2D eigenvalue weighted by molar-refractivity contribution is -0.150. The van der Waals surface area contributed by atoms with Gasteiger partial charge in [-0.3, -0.25) is 4.79 Å². The summed E-state index contributed by atoms with van der Waals surface area (Å²) in [6.07, 6.45) is 0. The molecule has 5 nitrogen and oxygen atoms in total. The molecular weight excluding hydrogens is 216 g/mol. The standard InChI is InChI=1S/C9H16N2O3S/c1-2-14-9(13)7(10)8(12)11-3-5-15-6-4-11/h7H,2-6,10H2,1H3. The number of nitrogens with two attached hydrogens (primary N) is 1. The number of hydrogen-bond acceptors (Lipinski definition) is 5. The van der Waals surface area contributed by atoms with Crippen LogP contribution in [-0.2, 0) is 14.3 Å². The average Bonchev–Trinajstić information content (AvgIpc) is 2.28. The van der Waals surface area contributed by atoms with Gasteiger partial charge in [-0.1, -0.05) is 0 Å². The molecule has 0 aliphatic carbocycles. The van der Waals surface area contributed by atoms with Crippen molar-refractivity contribution in [2.45, 2.75) is 13.0 Å². The van der Waals surface area contributed by atoms with Crippen molar-refractivity contribution in [3.05, 3.63) is 0 Å². The second kappa shape index (κ2) is 5.97. The van der Waals surface area contributed by atoms with E-state index in [1.807, 2.05) is 0 Å². The molecule has 2 N–H and O–H groups in total. The summed E-state index contributed by atoms with van der Waals surface area (Å²) in [4.78, 5) is 24.6. The van der Waals surface area contributed by atoms with Gasteiger partial charge in [-0.05, 0) is 6.92 Å². The van der Waals surface area contributed by atoms with Crippen LogP contribution in [0.1, 0.15) is 6.92 Å². The molecule has 1 heterocycles. The van der Waals surface area contributed by atoms with E-state index in [0.29, 0.717) is 13.1 Å². The Morgan fingerprint density at radius 1 is 1.47 bits per heavy atom. The molecule has 0 aromatic heterocycles. The summed E-state index contributed by atoms with van der Waals surface area (Å²) in [5.41, 5.74) is 5.51. The van der Waals surface area contributed by atoms with E-state index in [0.717, 1.165) is 11.5 Å². The summed E-state index contributed by atoms with van der Waals surface area (Å²) in [7, 11) is 0. The van der Waals surface area contributed by atoms with E-state index in [9.17, 15) is 9.59 Å². The van der Waals surface area contributed by atoms with Crippen molar-refractivity contribution in [1.82, 2.24) is 4.90 Å². The third kappa shape index (κ3) is 3.39. The summed E-state index contributed by atoms with van der Waals surface area (Å²) in [5, 5.41) is 0. The van der Waals surface area contributed by atoms with Crippen LogP contribution in [0.2, 0.25) is 0 Å². The van der Waals surface area contributed by atoms with E-state index >= 15 is 0 Å². The molecule has 1 rings (SSSR count). The highest BCUT2D eigenvalue weighted by atomic mass is 32.2. The number of ether oxygens (including phenoxy) is 1. The zero-order chi connectivity index (χ0) is 11.3. The lowest BCUT2D eigenvalue weighted by Crippen LogP contribution is -2.51. The normalized spacial score (nSPS) is 18.4. The Hall–Kier alpha value is -0.750. The van der Waals surface area contributed by atoms with Crippen molar-refractivity contribution in [3.8, 4) is 0 Å². The SMILES string of the molecule is CCOC(=O)C(N)C(=O)N1CCSCC1. The van der Waals surface area contributed by atoms with Crippen LogP contribution < -0.4 is 5.73 Å². The highest BCUT2D eigenvalue weighted by Crippen LogP contribution is 2.10. The van der Waals surface area contributed by atoms with Crippen molar-refractivity contribution < 1.29 is 14.3 Å². The Balaban J connectivity index is 2.47. The van der Waals surface area contributed by atoms with Gasteiger partial charge in [0.15, 0.2) is 6.04 Å². The maximum absolute atomic E-state index is 11.7. The van der Waals surface area contributed by atoms with E-state index in [1.165, 1.54) is 0 Å². The van der Waals surface area contributed by atoms with Crippen molar-refractivity contribution in [2.24, 2.45) is 5.73 Å². The molecule has 1 saturated heterocycles. The van der Waals surface area contributed by atoms with Crippen LogP contribution in [0.15, 0.2) is 0 Å². The fraction of sp³-hybridized carbons (Fsp3) is 0.778. The highest BCUT2D eigenvalue weighted by Gasteiger charge is 2.28. The van der Waals surface area contributed by atoms with E-state index in [2.05, 4.69) is 0 Å². The smallest absolute Gasteiger partial charge is 0.332 e. The molecule has 0 aromatic rings. The monoisotopic (exact) mass is 232 g/mol. The Morgan fingerprint density at radius 3 is 2.60 bits per heavy atom. The van der Waals surface area contributed by atoms with Gasteiger partial charge in [0.1, 0.15) is 0 Å². The number of hydrogen-bond donors (Lipinski definition) is 1. The van der Waals surface area contributed by atoms with Crippen LogP contribution >= 0.6 is 11.8 Å². The molecule has 86 valence electrons. The minimum Gasteiger partial charge on any atom is -0.464 e. The predicted molar refractivity (Wildman–Crippen MR) is 58.5 cm³/mol. The molecule has 6 heteroatoms. The molecule has 1 aliphatic heterocycles. The predicted octanol–water partition coefficient (Wildman–Crippen LogP) is -0.548. The number of rotatable bonds is 3. The Kier molecular flexibility index (Phi) is 4.90. The zero-order valence-electron chi connectivity index (χ0n) is 8.77. The number of thioether (sulfide) groups is 1. The summed E-state index contributed by atoms with van der Waals surface area (Å²) in [6.45, 7) is 3.26. The van der Waals surface area contributed by atoms with E-state index in [1.54, 1.807) is 23.6 Å². The first-order chi connectivity index (χ1) is 7.16. The van der Waals surface area contributed by atoms with Crippen LogP contribution in [0.4, 0.5) is 0 Å². The quantitative estimate of drug-likeness (QED) is 0.522. The van der Waals surface area contributed by atoms with Crippen molar-refractivity contribution in [3.63, 3.8) is 0 Å². The molecule has 0 radical (unpaired) electrons. The maximum atomic E-state index is 11.7. The van der Waals surface area contributed by atoms with E-state index in [4.69, 9.17) is 10.5 Å². The van der Waals surface area contributed by atoms with Gasteiger partial charge >= 0.3 is 5.97 Å². The van der Waals surface area contributed by atoms with Gasteiger partial charge < -0.3 is 15.4 Å². The van der Waals surface area contributed by atoms with Crippen LogP contribution in [0.3, 0.4) is 0 Å². The topological polar surface area (TPSA) is 72.6 Å². The molecule has 0 bridgehead atoms. The first kappa shape index (κ1) is 12.3. The summed E-state index contributed by atoms with van der Waals surface area (Å²) < 4.78 is 4.70. The lowest BCUT2D eigenvalue weighted by Gasteiger charge is -2.28. The molecule has 1 atom stereocenters. The summed E-state index contributed by atoms with van der Waals surface area (Å²) in [6, 6.07) is -1.16. The van der Waals surface area contributed by atoms with Gasteiger partial charge in [0.25, 0.3) is 5.91 Å². The minimum atomic E-state index is -1.16. The Bertz CT molecular complexity index is 242. The Labute approximate surface area is 93.3 Å². The number of esters is 1. The maximum Gasteiger partial charge on any atom is 0.332 e. The van der Waals surface area contributed by atoms with Crippen LogP contribution in [0, 0.1) is 0 Å². The van der Waals surface area contributed by atoms with Crippen molar-refractivity contribution in [1.29, 1.82) is 0 Å². The summed E-state index contributed by atoms with van der Waals surface area (Å²) >= 11 is 1.80. The van der Waals surface area contributed by atoms with Crippen LogP contribution in [-0.4, -0.2) is 54.0 Å². The van der Waals surface area contributed by atoms with Gasteiger partial charge in [0.2, 0.25) is 0 Å². The molecule has 0 spiro atoms. The minimum absolute atomic E-state index is 0.246. The number of carbonyl (C=O) groups is 2.